The summed E-state index contributed by atoms with van der Waals surface area (Å²) in [4.78, 5) is 0. The van der Waals surface area contributed by atoms with Gasteiger partial charge in [-0.25, -0.2) is 8.78 Å². The average Bonchev–Trinajstić information content (AvgIpc) is 1.98. The maximum Gasteiger partial charge on any atom is 0.161 e. The second kappa shape index (κ2) is 3.38. The highest BCUT2D eigenvalue weighted by molar-refractivity contribution is 5.30. The fourth-order valence-corrected chi connectivity index (χ4v) is 1.22. The van der Waals surface area contributed by atoms with Gasteiger partial charge in [0.05, 0.1) is 0 Å². The van der Waals surface area contributed by atoms with Gasteiger partial charge in [0, 0.05) is 0 Å². The van der Waals surface area contributed by atoms with Gasteiger partial charge < -0.3 is 0 Å². The minimum Gasteiger partial charge on any atom is -0.239 e. The van der Waals surface area contributed by atoms with Crippen LogP contribution in [0.2, 0.25) is 0 Å². The van der Waals surface area contributed by atoms with Crippen LogP contribution in [-0.2, 0) is 0 Å². The molecule has 68 valence electrons. The van der Waals surface area contributed by atoms with Crippen LogP contribution in [0.15, 0.2) is 23.8 Å². The molecule has 0 bridgehead atoms. The third-order valence-electron chi connectivity index (χ3n) is 2.06. The molecule has 1 aliphatic rings. The van der Waals surface area contributed by atoms with Crippen LogP contribution >= 0.6 is 0 Å². The lowest BCUT2D eigenvalue weighted by molar-refractivity contribution is 0.143. The van der Waals surface area contributed by atoms with Crippen molar-refractivity contribution >= 4 is 0 Å². The molecule has 0 heterocycles. The third-order valence-corrected chi connectivity index (χ3v) is 2.06. The molecule has 0 nitrogen and oxygen atoms in total. The molecule has 2 atom stereocenters. The first-order chi connectivity index (χ1) is 5.56. The molecule has 0 amide bonds. The first kappa shape index (κ1) is 9.43. The van der Waals surface area contributed by atoms with Crippen molar-refractivity contribution in [1.82, 2.24) is 0 Å². The van der Waals surface area contributed by atoms with E-state index < -0.39 is 11.8 Å². The SMILES string of the molecule is CCCC1=CC(F)C(C)(F)C=C1. The van der Waals surface area contributed by atoms with E-state index in [1.54, 1.807) is 6.08 Å². The van der Waals surface area contributed by atoms with Gasteiger partial charge in [-0.2, -0.15) is 0 Å². The fraction of sp³-hybridized carbons (Fsp3) is 0.600. The second-order valence-corrected chi connectivity index (χ2v) is 3.38. The van der Waals surface area contributed by atoms with Gasteiger partial charge in [0.2, 0.25) is 0 Å². The van der Waals surface area contributed by atoms with Gasteiger partial charge in [-0.1, -0.05) is 19.4 Å². The number of halogens is 2. The van der Waals surface area contributed by atoms with Crippen molar-refractivity contribution in [3.8, 4) is 0 Å². The van der Waals surface area contributed by atoms with E-state index >= 15 is 0 Å². The van der Waals surface area contributed by atoms with Crippen LogP contribution in [0.25, 0.3) is 0 Å². The maximum atomic E-state index is 13.2. The van der Waals surface area contributed by atoms with Crippen LogP contribution in [0.4, 0.5) is 8.78 Å². The summed E-state index contributed by atoms with van der Waals surface area (Å²) in [6.45, 7) is 3.28. The molecule has 0 fully saturated rings. The number of allylic oxidation sites excluding steroid dienone is 4. The van der Waals surface area contributed by atoms with E-state index in [9.17, 15) is 8.78 Å². The van der Waals surface area contributed by atoms with Crippen LogP contribution in [0.1, 0.15) is 26.7 Å². The molecule has 2 unspecified atom stereocenters. The molecule has 0 saturated carbocycles. The first-order valence-corrected chi connectivity index (χ1v) is 4.29. The molecule has 0 radical (unpaired) electrons. The molecule has 2 heteroatoms. The molecule has 0 aromatic heterocycles. The molecule has 0 aromatic carbocycles. The average molecular weight is 172 g/mol. The van der Waals surface area contributed by atoms with Gasteiger partial charge in [-0.15, -0.1) is 0 Å². The van der Waals surface area contributed by atoms with Crippen LogP contribution in [0.5, 0.6) is 0 Å². The van der Waals surface area contributed by atoms with Crippen molar-refractivity contribution < 1.29 is 8.78 Å². The molecule has 0 spiro atoms. The summed E-state index contributed by atoms with van der Waals surface area (Å²) in [5, 5.41) is 0. The highest BCUT2D eigenvalue weighted by Crippen LogP contribution is 2.28. The van der Waals surface area contributed by atoms with Gasteiger partial charge in [0.25, 0.3) is 0 Å². The van der Waals surface area contributed by atoms with E-state index in [0.717, 1.165) is 18.4 Å². The highest BCUT2D eigenvalue weighted by atomic mass is 19.2. The van der Waals surface area contributed by atoms with Gasteiger partial charge in [-0.05, 0) is 31.1 Å². The van der Waals surface area contributed by atoms with Crippen molar-refractivity contribution in [2.24, 2.45) is 0 Å². The lowest BCUT2D eigenvalue weighted by Crippen LogP contribution is -2.29. The monoisotopic (exact) mass is 172 g/mol. The molecule has 0 saturated heterocycles. The summed E-state index contributed by atoms with van der Waals surface area (Å²) in [6.07, 6.45) is 4.68. The Labute approximate surface area is 72.0 Å². The van der Waals surface area contributed by atoms with E-state index in [1.165, 1.54) is 19.1 Å². The van der Waals surface area contributed by atoms with E-state index in [0.29, 0.717) is 0 Å². The zero-order chi connectivity index (χ0) is 9.19. The Morgan fingerprint density at radius 1 is 1.58 bits per heavy atom. The summed E-state index contributed by atoms with van der Waals surface area (Å²) >= 11 is 0. The fourth-order valence-electron chi connectivity index (χ4n) is 1.22. The van der Waals surface area contributed by atoms with Gasteiger partial charge in [0.15, 0.2) is 11.8 Å². The Morgan fingerprint density at radius 2 is 2.25 bits per heavy atom. The number of rotatable bonds is 2. The predicted octanol–water partition coefficient (Wildman–Crippen LogP) is 3.35. The Kier molecular flexibility index (Phi) is 2.65. The van der Waals surface area contributed by atoms with Crippen LogP contribution in [-0.4, -0.2) is 11.8 Å². The molecule has 0 N–H and O–H groups in total. The summed E-state index contributed by atoms with van der Waals surface area (Å²) in [7, 11) is 0. The number of hydrogen-bond acceptors (Lipinski definition) is 0. The largest absolute Gasteiger partial charge is 0.239 e. The summed E-state index contributed by atoms with van der Waals surface area (Å²) in [6, 6.07) is 0. The minimum atomic E-state index is -1.81. The molecule has 12 heavy (non-hydrogen) atoms. The highest BCUT2D eigenvalue weighted by Gasteiger charge is 2.32. The summed E-state index contributed by atoms with van der Waals surface area (Å²) < 4.78 is 26.2. The maximum absolute atomic E-state index is 13.2. The Bertz CT molecular complexity index is 214. The van der Waals surface area contributed by atoms with E-state index in [2.05, 4.69) is 0 Å². The van der Waals surface area contributed by atoms with E-state index in [4.69, 9.17) is 0 Å². The van der Waals surface area contributed by atoms with Crippen LogP contribution in [0.3, 0.4) is 0 Å². The Morgan fingerprint density at radius 3 is 2.75 bits per heavy atom. The van der Waals surface area contributed by atoms with Crippen molar-refractivity contribution in [1.29, 1.82) is 0 Å². The normalized spacial score (nSPS) is 35.0. The zero-order valence-electron chi connectivity index (χ0n) is 7.48. The molecule has 0 aliphatic heterocycles. The topological polar surface area (TPSA) is 0 Å². The number of hydrogen-bond donors (Lipinski definition) is 0. The van der Waals surface area contributed by atoms with Gasteiger partial charge in [0.1, 0.15) is 0 Å². The summed E-state index contributed by atoms with van der Waals surface area (Å²) in [5.74, 6) is 0. The molecular formula is C10H14F2. The van der Waals surface area contributed by atoms with E-state index in [-0.39, 0.29) is 0 Å². The van der Waals surface area contributed by atoms with Crippen molar-refractivity contribution in [2.75, 3.05) is 0 Å². The number of alkyl halides is 2. The summed E-state index contributed by atoms with van der Waals surface area (Å²) in [5.41, 5.74) is -0.905. The first-order valence-electron chi connectivity index (χ1n) is 4.29. The zero-order valence-corrected chi connectivity index (χ0v) is 7.48. The predicted molar refractivity (Wildman–Crippen MR) is 46.5 cm³/mol. The smallest absolute Gasteiger partial charge is 0.161 e. The Hall–Kier alpha value is -0.660. The second-order valence-electron chi connectivity index (χ2n) is 3.38. The van der Waals surface area contributed by atoms with Crippen LogP contribution < -0.4 is 0 Å². The third kappa shape index (κ3) is 1.93. The van der Waals surface area contributed by atoms with E-state index in [1.807, 2.05) is 6.92 Å². The van der Waals surface area contributed by atoms with Crippen molar-refractivity contribution in [2.45, 2.75) is 38.5 Å². The molecule has 0 aromatic rings. The molecular weight excluding hydrogens is 158 g/mol. The quantitative estimate of drug-likeness (QED) is 0.599. The van der Waals surface area contributed by atoms with Crippen molar-refractivity contribution in [3.05, 3.63) is 23.8 Å². The molecule has 1 aliphatic carbocycles. The lowest BCUT2D eigenvalue weighted by Gasteiger charge is -2.22. The lowest BCUT2D eigenvalue weighted by atomic mass is 9.92. The molecule has 1 rings (SSSR count). The minimum absolute atomic E-state index is 0.826. The van der Waals surface area contributed by atoms with Crippen molar-refractivity contribution in [3.63, 3.8) is 0 Å². The Balaban J connectivity index is 2.69. The standard InChI is InChI=1S/C10H14F2/c1-3-4-8-5-6-10(2,12)9(11)7-8/h5-7,9H,3-4H2,1-2H3. The van der Waals surface area contributed by atoms with Gasteiger partial charge >= 0.3 is 0 Å². The van der Waals surface area contributed by atoms with Gasteiger partial charge in [-0.3, -0.25) is 0 Å². The van der Waals surface area contributed by atoms with Crippen LogP contribution in [0, 0.1) is 0 Å².